The van der Waals surface area contributed by atoms with E-state index < -0.39 is 46.4 Å². The van der Waals surface area contributed by atoms with E-state index in [-0.39, 0.29) is 35.6 Å². The molecule has 1 aliphatic heterocycles. The summed E-state index contributed by atoms with van der Waals surface area (Å²) in [5, 5.41) is 55.9. The van der Waals surface area contributed by atoms with E-state index >= 15 is 0 Å². The maximum Gasteiger partial charge on any atom is 0.159 e. The van der Waals surface area contributed by atoms with Crippen LogP contribution >= 0.6 is 0 Å². The number of ketones is 1. The number of epoxide rings is 1. The quantitative estimate of drug-likeness (QED) is 0.326. The molecule has 5 aliphatic rings. The molecule has 0 aromatic rings. The first-order chi connectivity index (χ1) is 17.2. The lowest BCUT2D eigenvalue weighted by Crippen LogP contribution is -2.62. The molecule has 1 saturated heterocycles. The van der Waals surface area contributed by atoms with Gasteiger partial charge in [-0.15, -0.1) is 0 Å². The topological polar surface area (TPSA) is 131 Å². The Morgan fingerprint density at radius 1 is 1.11 bits per heavy atom. The van der Waals surface area contributed by atoms with E-state index in [1.807, 2.05) is 6.92 Å². The minimum atomic E-state index is -1.28. The van der Waals surface area contributed by atoms with Crippen LogP contribution < -0.4 is 0 Å². The molecule has 5 N–H and O–H groups in total. The van der Waals surface area contributed by atoms with Gasteiger partial charge < -0.3 is 30.3 Å². The van der Waals surface area contributed by atoms with Crippen molar-refractivity contribution >= 4 is 5.78 Å². The zero-order valence-electron chi connectivity index (χ0n) is 23.2. The number of allylic oxidation sites excluding steroid dienone is 1. The molecule has 3 saturated carbocycles. The van der Waals surface area contributed by atoms with Crippen LogP contribution in [0, 0.1) is 34.5 Å². The van der Waals surface area contributed by atoms with Gasteiger partial charge in [-0.05, 0) is 87.2 Å². The van der Waals surface area contributed by atoms with Gasteiger partial charge in [0.1, 0.15) is 12.2 Å². The highest BCUT2D eigenvalue weighted by Crippen LogP contribution is 2.69. The Morgan fingerprint density at radius 3 is 2.46 bits per heavy atom. The smallest absolute Gasteiger partial charge is 0.159 e. The fraction of sp³-hybridized carbons (Fsp3) is 0.900. The second kappa shape index (κ2) is 8.84. The van der Waals surface area contributed by atoms with Crippen LogP contribution in [0.3, 0.4) is 0 Å². The van der Waals surface area contributed by atoms with Crippen molar-refractivity contribution in [1.82, 2.24) is 0 Å². The number of ether oxygens (including phenoxy) is 1. The fourth-order valence-electron chi connectivity index (χ4n) is 9.44. The molecule has 37 heavy (non-hydrogen) atoms. The van der Waals surface area contributed by atoms with Crippen molar-refractivity contribution in [2.45, 2.75) is 128 Å². The van der Waals surface area contributed by atoms with E-state index in [1.54, 1.807) is 19.9 Å². The van der Waals surface area contributed by atoms with Crippen LogP contribution in [0.5, 0.6) is 0 Å². The van der Waals surface area contributed by atoms with Gasteiger partial charge in [0.25, 0.3) is 0 Å². The molecule has 0 spiro atoms. The van der Waals surface area contributed by atoms with Gasteiger partial charge in [-0.3, -0.25) is 4.79 Å². The average molecular weight is 521 g/mol. The monoisotopic (exact) mass is 520 g/mol. The summed E-state index contributed by atoms with van der Waals surface area (Å²) in [5.41, 5.74) is -3.75. The van der Waals surface area contributed by atoms with Crippen LogP contribution in [0.25, 0.3) is 0 Å². The molecule has 0 amide bonds. The van der Waals surface area contributed by atoms with Gasteiger partial charge in [-0.2, -0.15) is 0 Å². The van der Waals surface area contributed by atoms with Crippen molar-refractivity contribution in [3.63, 3.8) is 0 Å². The number of aliphatic hydroxyl groups is 5. The molecule has 4 aliphatic carbocycles. The standard InChI is InChI=1S/C30H48O7/c1-6-10-29(35,25-24(37-25)28(5,34)17(2)16-31)23-9-13-30(36)20-15-22(33)21-14-18(32)7-11-26(21,3)19(20)8-12-27(23,30)4/h15,17-19,21,23-25,31-32,34-36H,6-14,16H2,1-5H3. The van der Waals surface area contributed by atoms with Crippen LogP contribution in [-0.2, 0) is 9.53 Å². The molecule has 0 aromatic heterocycles. The molecule has 210 valence electrons. The Kier molecular flexibility index (Phi) is 6.62. The Labute approximate surface area is 221 Å². The van der Waals surface area contributed by atoms with Gasteiger partial charge >= 0.3 is 0 Å². The summed E-state index contributed by atoms with van der Waals surface area (Å²) < 4.78 is 6.03. The van der Waals surface area contributed by atoms with E-state index in [0.717, 1.165) is 31.3 Å². The molecule has 12 unspecified atom stereocenters. The fourth-order valence-corrected chi connectivity index (χ4v) is 9.44. The largest absolute Gasteiger partial charge is 0.396 e. The van der Waals surface area contributed by atoms with Gasteiger partial charge in [0.2, 0.25) is 0 Å². The Balaban J connectivity index is 1.49. The summed E-state index contributed by atoms with van der Waals surface area (Å²) in [6, 6.07) is 0. The van der Waals surface area contributed by atoms with E-state index in [0.29, 0.717) is 32.1 Å². The molecular weight excluding hydrogens is 472 g/mol. The molecular formula is C30H48O7. The van der Waals surface area contributed by atoms with Crippen molar-refractivity contribution in [2.24, 2.45) is 34.5 Å². The molecule has 4 fully saturated rings. The lowest BCUT2D eigenvalue weighted by molar-refractivity contribution is -0.157. The highest BCUT2D eigenvalue weighted by molar-refractivity contribution is 5.95. The van der Waals surface area contributed by atoms with Crippen LogP contribution in [0.15, 0.2) is 11.6 Å². The summed E-state index contributed by atoms with van der Waals surface area (Å²) in [6.45, 7) is 9.56. The first-order valence-electron chi connectivity index (χ1n) is 14.6. The van der Waals surface area contributed by atoms with Gasteiger partial charge in [-0.25, -0.2) is 0 Å². The summed E-state index contributed by atoms with van der Waals surface area (Å²) in [4.78, 5) is 13.4. The molecule has 5 rings (SSSR count). The number of hydrogen-bond acceptors (Lipinski definition) is 7. The van der Waals surface area contributed by atoms with Crippen LogP contribution in [0.1, 0.15) is 92.4 Å². The third kappa shape index (κ3) is 3.71. The highest BCUT2D eigenvalue weighted by atomic mass is 16.6. The van der Waals surface area contributed by atoms with Gasteiger partial charge in [0.15, 0.2) is 5.78 Å². The molecule has 7 heteroatoms. The first kappa shape index (κ1) is 27.7. The van der Waals surface area contributed by atoms with Gasteiger partial charge in [0.05, 0.1) is 22.9 Å². The molecule has 12 atom stereocenters. The second-order valence-electron chi connectivity index (χ2n) is 14.0. The van der Waals surface area contributed by atoms with Gasteiger partial charge in [-0.1, -0.05) is 34.1 Å². The summed E-state index contributed by atoms with van der Waals surface area (Å²) in [7, 11) is 0. The second-order valence-corrected chi connectivity index (χ2v) is 14.0. The normalized spacial score (nSPS) is 49.1. The first-order valence-corrected chi connectivity index (χ1v) is 14.6. The number of carbonyl (C=O) groups is 1. The molecule has 7 nitrogen and oxygen atoms in total. The predicted molar refractivity (Wildman–Crippen MR) is 138 cm³/mol. The number of carbonyl (C=O) groups excluding carboxylic acids is 1. The Morgan fingerprint density at radius 2 is 1.81 bits per heavy atom. The third-order valence-corrected chi connectivity index (χ3v) is 12.2. The van der Waals surface area contributed by atoms with E-state index in [9.17, 15) is 30.3 Å². The van der Waals surface area contributed by atoms with Crippen molar-refractivity contribution < 1.29 is 35.1 Å². The summed E-state index contributed by atoms with van der Waals surface area (Å²) >= 11 is 0. The van der Waals surface area contributed by atoms with Crippen molar-refractivity contribution in [3.8, 4) is 0 Å². The minimum absolute atomic E-state index is 0.0251. The lowest BCUT2D eigenvalue weighted by Gasteiger charge is -2.60. The van der Waals surface area contributed by atoms with Crippen molar-refractivity contribution in [1.29, 1.82) is 0 Å². The van der Waals surface area contributed by atoms with E-state index in [4.69, 9.17) is 4.74 Å². The van der Waals surface area contributed by atoms with Crippen LogP contribution in [0.4, 0.5) is 0 Å². The number of rotatable bonds is 7. The minimum Gasteiger partial charge on any atom is -0.396 e. The van der Waals surface area contributed by atoms with E-state index in [2.05, 4.69) is 13.8 Å². The van der Waals surface area contributed by atoms with Crippen LogP contribution in [0.2, 0.25) is 0 Å². The molecule has 0 aromatic carbocycles. The predicted octanol–water partition coefficient (Wildman–Crippen LogP) is 2.90. The Hall–Kier alpha value is -0.830. The molecule has 0 bridgehead atoms. The Bertz CT molecular complexity index is 962. The highest BCUT2D eigenvalue weighted by Gasteiger charge is 2.73. The summed E-state index contributed by atoms with van der Waals surface area (Å²) in [5.74, 6) is -0.743. The van der Waals surface area contributed by atoms with Gasteiger partial charge in [0, 0.05) is 23.9 Å². The average Bonchev–Trinajstić information content (AvgIpc) is 3.61. The SMILES string of the molecule is CCCC(O)(C1OC1C(C)(O)C(C)CO)C1CCC2(O)C3=CC(=O)C4CC(O)CCC4(C)C3CCC12C. The summed E-state index contributed by atoms with van der Waals surface area (Å²) in [6.07, 6.45) is 5.99. The maximum atomic E-state index is 13.4. The number of fused-ring (bicyclic) bond motifs is 5. The number of hydrogen-bond donors (Lipinski definition) is 5. The zero-order valence-corrected chi connectivity index (χ0v) is 23.2. The van der Waals surface area contributed by atoms with Crippen molar-refractivity contribution in [3.05, 3.63) is 11.6 Å². The zero-order chi connectivity index (χ0) is 27.2. The maximum absolute atomic E-state index is 13.4. The van der Waals surface area contributed by atoms with Crippen molar-refractivity contribution in [2.75, 3.05) is 6.61 Å². The lowest BCUT2D eigenvalue weighted by atomic mass is 9.45. The molecule has 1 heterocycles. The molecule has 0 radical (unpaired) electrons. The third-order valence-electron chi connectivity index (χ3n) is 12.2. The van der Waals surface area contributed by atoms with E-state index in [1.165, 1.54) is 0 Å². The van der Waals surface area contributed by atoms with Crippen LogP contribution in [-0.4, -0.2) is 73.0 Å². The number of aliphatic hydroxyl groups excluding tert-OH is 2.